The third kappa shape index (κ3) is 5.72. The second-order valence-electron chi connectivity index (χ2n) is 7.21. The van der Waals surface area contributed by atoms with E-state index in [2.05, 4.69) is 20.4 Å². The molecule has 1 unspecified atom stereocenters. The lowest BCUT2D eigenvalue weighted by molar-refractivity contribution is -0.122. The molecule has 0 radical (unpaired) electrons. The summed E-state index contributed by atoms with van der Waals surface area (Å²) in [5.41, 5.74) is 1.27. The zero-order chi connectivity index (χ0) is 21.5. The minimum Gasteiger partial charge on any atom is -0.495 e. The number of anilines is 2. The maximum Gasteiger partial charge on any atom is 0.241 e. The first-order valence-electron chi connectivity index (χ1n) is 9.92. The molecule has 1 heterocycles. The van der Waals surface area contributed by atoms with E-state index in [-0.39, 0.29) is 17.9 Å². The van der Waals surface area contributed by atoms with Gasteiger partial charge in [-0.2, -0.15) is 0 Å². The van der Waals surface area contributed by atoms with Crippen LogP contribution in [-0.2, 0) is 9.59 Å². The molecule has 2 aromatic rings. The van der Waals surface area contributed by atoms with Crippen molar-refractivity contribution in [1.29, 1.82) is 0 Å². The molecule has 0 spiro atoms. The molecular weight excluding hydrogens is 404 g/mol. The Kier molecular flexibility index (Phi) is 7.68. The van der Waals surface area contributed by atoms with Crippen LogP contribution < -0.4 is 15.4 Å². The molecular formula is C22H27ClN4O3. The van der Waals surface area contributed by atoms with Crippen molar-refractivity contribution in [3.8, 4) is 5.75 Å². The summed E-state index contributed by atoms with van der Waals surface area (Å²) in [7, 11) is 1.58. The number of nitrogens with one attached hydrogen (secondary N) is 2. The number of rotatable bonds is 7. The van der Waals surface area contributed by atoms with Crippen LogP contribution in [0.4, 0.5) is 11.4 Å². The van der Waals surface area contributed by atoms with Gasteiger partial charge in [0.2, 0.25) is 11.8 Å². The summed E-state index contributed by atoms with van der Waals surface area (Å²) >= 11 is 6.09. The highest BCUT2D eigenvalue weighted by molar-refractivity contribution is 6.33. The Morgan fingerprint density at radius 2 is 1.63 bits per heavy atom. The number of para-hydroxylation sites is 3. The normalized spacial score (nSPS) is 16.0. The fourth-order valence-electron chi connectivity index (χ4n) is 3.42. The average molecular weight is 431 g/mol. The lowest BCUT2D eigenvalue weighted by Crippen LogP contribution is -2.53. The number of amides is 2. The smallest absolute Gasteiger partial charge is 0.241 e. The van der Waals surface area contributed by atoms with E-state index >= 15 is 0 Å². The van der Waals surface area contributed by atoms with Gasteiger partial charge in [0.05, 0.1) is 36.1 Å². The van der Waals surface area contributed by atoms with Gasteiger partial charge in [-0.15, -0.1) is 0 Å². The van der Waals surface area contributed by atoms with Crippen LogP contribution in [0.3, 0.4) is 0 Å². The zero-order valence-corrected chi connectivity index (χ0v) is 18.0. The Morgan fingerprint density at radius 3 is 2.30 bits per heavy atom. The highest BCUT2D eigenvalue weighted by Gasteiger charge is 2.26. The number of nitrogens with zero attached hydrogens (tertiary/aromatic N) is 2. The number of ether oxygens (including phenoxy) is 1. The van der Waals surface area contributed by atoms with Gasteiger partial charge in [-0.25, -0.2) is 0 Å². The van der Waals surface area contributed by atoms with Crippen molar-refractivity contribution < 1.29 is 14.3 Å². The highest BCUT2D eigenvalue weighted by Crippen LogP contribution is 2.24. The summed E-state index contributed by atoms with van der Waals surface area (Å²) < 4.78 is 5.29. The second-order valence-corrected chi connectivity index (χ2v) is 7.61. The minimum atomic E-state index is -0.283. The van der Waals surface area contributed by atoms with E-state index < -0.39 is 0 Å². The second kappa shape index (κ2) is 10.4. The van der Waals surface area contributed by atoms with Crippen LogP contribution in [-0.4, -0.2) is 67.5 Å². The predicted molar refractivity (Wildman–Crippen MR) is 119 cm³/mol. The van der Waals surface area contributed by atoms with E-state index in [1.807, 2.05) is 43.3 Å². The molecule has 1 atom stereocenters. The van der Waals surface area contributed by atoms with E-state index in [0.29, 0.717) is 54.9 Å². The van der Waals surface area contributed by atoms with Crippen LogP contribution in [0.15, 0.2) is 48.5 Å². The van der Waals surface area contributed by atoms with Gasteiger partial charge in [0.15, 0.2) is 0 Å². The van der Waals surface area contributed by atoms with Crippen LogP contribution in [0.5, 0.6) is 5.75 Å². The van der Waals surface area contributed by atoms with Gasteiger partial charge in [0.25, 0.3) is 0 Å². The summed E-state index contributed by atoms with van der Waals surface area (Å²) in [5, 5.41) is 6.30. The summed E-state index contributed by atoms with van der Waals surface area (Å²) in [6.07, 6.45) is 0. The third-order valence-electron chi connectivity index (χ3n) is 5.21. The number of carbonyl (C=O) groups is 2. The summed E-state index contributed by atoms with van der Waals surface area (Å²) in [4.78, 5) is 29.2. The van der Waals surface area contributed by atoms with E-state index in [1.165, 1.54) is 0 Å². The molecule has 2 N–H and O–H groups in total. The van der Waals surface area contributed by atoms with Crippen molar-refractivity contribution in [2.75, 3.05) is 50.5 Å². The molecule has 0 bridgehead atoms. The highest BCUT2D eigenvalue weighted by atomic mass is 35.5. The van der Waals surface area contributed by atoms with Gasteiger partial charge in [-0.05, 0) is 31.2 Å². The Bertz CT molecular complexity index is 884. The van der Waals surface area contributed by atoms with E-state index in [1.54, 1.807) is 19.2 Å². The van der Waals surface area contributed by atoms with Gasteiger partial charge in [-0.3, -0.25) is 19.4 Å². The van der Waals surface area contributed by atoms with Crippen LogP contribution >= 0.6 is 11.6 Å². The van der Waals surface area contributed by atoms with Crippen LogP contribution in [0.2, 0.25) is 5.02 Å². The molecule has 2 amide bonds. The van der Waals surface area contributed by atoms with Crippen LogP contribution in [0.25, 0.3) is 0 Å². The molecule has 1 saturated heterocycles. The van der Waals surface area contributed by atoms with Crippen molar-refractivity contribution in [2.45, 2.75) is 13.0 Å². The Labute approximate surface area is 181 Å². The Balaban J connectivity index is 1.47. The zero-order valence-electron chi connectivity index (χ0n) is 17.2. The van der Waals surface area contributed by atoms with Crippen molar-refractivity contribution >= 4 is 34.8 Å². The molecule has 0 saturated carbocycles. The molecule has 8 heteroatoms. The number of piperazine rings is 1. The quantitative estimate of drug-likeness (QED) is 0.706. The van der Waals surface area contributed by atoms with Crippen molar-refractivity contribution in [3.63, 3.8) is 0 Å². The fourth-order valence-corrected chi connectivity index (χ4v) is 3.60. The first-order chi connectivity index (χ1) is 14.5. The number of halogens is 1. The third-order valence-corrected chi connectivity index (χ3v) is 5.54. The molecule has 3 rings (SSSR count). The number of hydrogen-bond acceptors (Lipinski definition) is 5. The molecule has 30 heavy (non-hydrogen) atoms. The molecule has 1 fully saturated rings. The van der Waals surface area contributed by atoms with E-state index in [9.17, 15) is 9.59 Å². The number of methoxy groups -OCH3 is 1. The molecule has 0 aliphatic carbocycles. The Hall–Kier alpha value is -2.61. The minimum absolute atomic E-state index is 0.0792. The average Bonchev–Trinajstić information content (AvgIpc) is 2.75. The molecule has 1 aliphatic rings. The van der Waals surface area contributed by atoms with Crippen molar-refractivity contribution in [2.24, 2.45) is 0 Å². The standard InChI is InChI=1S/C22H27ClN4O3/c1-16(22(29)25-19-9-5-6-10-20(19)30-2)27-13-11-26(12-14-27)15-21(28)24-18-8-4-3-7-17(18)23/h3-10,16H,11-15H2,1-2H3,(H,24,28)(H,25,29). The molecule has 0 aromatic heterocycles. The Morgan fingerprint density at radius 1 is 1.00 bits per heavy atom. The monoisotopic (exact) mass is 430 g/mol. The first-order valence-corrected chi connectivity index (χ1v) is 10.3. The largest absolute Gasteiger partial charge is 0.495 e. The SMILES string of the molecule is COc1ccccc1NC(=O)C(C)N1CCN(CC(=O)Nc2ccccc2Cl)CC1. The maximum absolute atomic E-state index is 12.7. The number of benzene rings is 2. The van der Waals surface area contributed by atoms with Gasteiger partial charge in [-0.1, -0.05) is 35.9 Å². The van der Waals surface area contributed by atoms with Gasteiger partial charge in [0, 0.05) is 26.2 Å². The van der Waals surface area contributed by atoms with Crippen molar-refractivity contribution in [3.05, 3.63) is 53.6 Å². The predicted octanol–water partition coefficient (Wildman–Crippen LogP) is 2.93. The molecule has 2 aromatic carbocycles. The molecule has 1 aliphatic heterocycles. The van der Waals surface area contributed by atoms with Gasteiger partial charge < -0.3 is 15.4 Å². The van der Waals surface area contributed by atoms with Gasteiger partial charge >= 0.3 is 0 Å². The topological polar surface area (TPSA) is 73.9 Å². The number of carbonyl (C=O) groups excluding carboxylic acids is 2. The van der Waals surface area contributed by atoms with Gasteiger partial charge in [0.1, 0.15) is 5.75 Å². The van der Waals surface area contributed by atoms with E-state index in [0.717, 1.165) is 0 Å². The lowest BCUT2D eigenvalue weighted by Gasteiger charge is -2.37. The summed E-state index contributed by atoms with van der Waals surface area (Å²) in [6, 6.07) is 14.2. The van der Waals surface area contributed by atoms with Crippen molar-refractivity contribution in [1.82, 2.24) is 9.80 Å². The summed E-state index contributed by atoms with van der Waals surface area (Å²) in [5.74, 6) is 0.454. The van der Waals surface area contributed by atoms with Crippen LogP contribution in [0.1, 0.15) is 6.92 Å². The first kappa shape index (κ1) is 22.1. The molecule has 7 nitrogen and oxygen atoms in total. The maximum atomic E-state index is 12.7. The molecule has 160 valence electrons. The summed E-state index contributed by atoms with van der Waals surface area (Å²) in [6.45, 7) is 5.02. The van der Waals surface area contributed by atoms with E-state index in [4.69, 9.17) is 16.3 Å². The van der Waals surface area contributed by atoms with Crippen LogP contribution in [0, 0.1) is 0 Å². The number of hydrogen-bond donors (Lipinski definition) is 2. The lowest BCUT2D eigenvalue weighted by atomic mass is 10.2. The fraction of sp³-hybridized carbons (Fsp3) is 0.364.